The largest absolute Gasteiger partial charge is 0.466 e. The van der Waals surface area contributed by atoms with Gasteiger partial charge in [0.15, 0.2) is 3.95 Å². The highest BCUT2D eigenvalue weighted by molar-refractivity contribution is 7.73. The first kappa shape index (κ1) is 19.2. The van der Waals surface area contributed by atoms with Gasteiger partial charge in [0, 0.05) is 11.1 Å². The van der Waals surface area contributed by atoms with Gasteiger partial charge in [0.1, 0.15) is 5.01 Å². The molecule has 3 aromatic rings. The van der Waals surface area contributed by atoms with E-state index >= 15 is 0 Å². The van der Waals surface area contributed by atoms with Crippen molar-refractivity contribution >= 4 is 51.1 Å². The Bertz CT molecular complexity index is 927. The number of hydrogen-bond acceptors (Lipinski definition) is 7. The summed E-state index contributed by atoms with van der Waals surface area (Å²) in [6.07, 6.45) is 0.240. The van der Waals surface area contributed by atoms with Gasteiger partial charge in [0.25, 0.3) is 0 Å². The third-order valence-corrected chi connectivity index (χ3v) is 6.71. The highest BCUT2D eigenvalue weighted by Gasteiger charge is 2.18. The molecule has 0 saturated heterocycles. The maximum atomic E-state index is 11.8. The van der Waals surface area contributed by atoms with Crippen LogP contribution in [-0.4, -0.2) is 34.1 Å². The van der Waals surface area contributed by atoms with Crippen molar-refractivity contribution in [2.75, 3.05) is 13.7 Å². The van der Waals surface area contributed by atoms with Gasteiger partial charge in [-0.15, -0.1) is 22.7 Å². The lowest BCUT2D eigenvalue weighted by atomic mass is 10.3. The number of para-hydroxylation sites is 1. The van der Waals surface area contributed by atoms with Gasteiger partial charge in [-0.2, -0.15) is 0 Å². The van der Waals surface area contributed by atoms with Gasteiger partial charge in [-0.05, 0) is 45.2 Å². The zero-order valence-corrected chi connectivity index (χ0v) is 17.4. The van der Waals surface area contributed by atoms with Crippen LogP contribution in [0.5, 0.6) is 0 Å². The van der Waals surface area contributed by atoms with Crippen LogP contribution < -0.4 is 0 Å². The van der Waals surface area contributed by atoms with Gasteiger partial charge >= 0.3 is 5.97 Å². The van der Waals surface area contributed by atoms with Crippen molar-refractivity contribution in [3.8, 4) is 0 Å². The van der Waals surface area contributed by atoms with Crippen molar-refractivity contribution in [1.29, 1.82) is 0 Å². The number of thiazole rings is 2. The molecule has 0 fully saturated rings. The van der Waals surface area contributed by atoms with Crippen LogP contribution in [0.2, 0.25) is 0 Å². The maximum absolute atomic E-state index is 11.8. The lowest BCUT2D eigenvalue weighted by Crippen LogP contribution is -2.26. The zero-order chi connectivity index (χ0) is 18.7. The summed E-state index contributed by atoms with van der Waals surface area (Å²) in [6.45, 7) is 4.94. The molecule has 0 bridgehead atoms. The van der Waals surface area contributed by atoms with Crippen LogP contribution in [0.3, 0.4) is 0 Å². The maximum Gasteiger partial charge on any atom is 0.311 e. The van der Waals surface area contributed by atoms with E-state index in [1.807, 2.05) is 42.1 Å². The van der Waals surface area contributed by atoms with Gasteiger partial charge in [0.05, 0.1) is 36.0 Å². The van der Waals surface area contributed by atoms with Gasteiger partial charge < -0.3 is 9.30 Å². The highest BCUT2D eigenvalue weighted by atomic mass is 32.1. The molecule has 0 amide bonds. The number of fused-ring (bicyclic) bond motifs is 1. The van der Waals surface area contributed by atoms with Crippen molar-refractivity contribution in [2.24, 2.45) is 0 Å². The number of carbonyl (C=O) groups is 1. The number of nitrogens with zero attached hydrogens (tertiary/aromatic N) is 3. The number of carbonyl (C=O) groups excluding carboxylic acids is 1. The standard InChI is InChI=1S/C18H21N3O2S3/c1-4-23-16(22)9-13-10-25-18(24)21(13)11-20(3)12(2)17-19-14-7-5-6-8-15(14)26-17/h5-8,10,12H,4,9,11H2,1-3H3/t12-/m0/s1. The SMILES string of the molecule is CCOC(=O)Cc1csc(=S)n1CN(C)[C@@H](C)c1nc2ccccc2s1. The molecule has 0 saturated carbocycles. The fraction of sp³-hybridized carbons (Fsp3) is 0.389. The highest BCUT2D eigenvalue weighted by Crippen LogP contribution is 2.29. The second-order valence-electron chi connectivity index (χ2n) is 6.00. The topological polar surface area (TPSA) is 47.4 Å². The third-order valence-electron chi connectivity index (χ3n) is 4.19. The summed E-state index contributed by atoms with van der Waals surface area (Å²) >= 11 is 8.64. The molecule has 0 unspecified atom stereocenters. The van der Waals surface area contributed by atoms with E-state index in [4.69, 9.17) is 21.9 Å². The van der Waals surface area contributed by atoms with E-state index in [0.717, 1.165) is 20.2 Å². The third kappa shape index (κ3) is 4.20. The summed E-state index contributed by atoms with van der Waals surface area (Å²) < 4.78 is 9.01. The van der Waals surface area contributed by atoms with Gasteiger partial charge in [-0.3, -0.25) is 9.69 Å². The number of hydrogen-bond donors (Lipinski definition) is 0. The molecule has 2 heterocycles. The lowest BCUT2D eigenvalue weighted by Gasteiger charge is -2.24. The summed E-state index contributed by atoms with van der Waals surface area (Å²) in [5.41, 5.74) is 1.92. The normalized spacial score (nSPS) is 12.6. The average molecular weight is 408 g/mol. The quantitative estimate of drug-likeness (QED) is 0.422. The molecule has 2 aromatic heterocycles. The average Bonchev–Trinajstić information content (AvgIpc) is 3.19. The van der Waals surface area contributed by atoms with Crippen LogP contribution >= 0.6 is 34.9 Å². The number of aromatic nitrogens is 2. The van der Waals surface area contributed by atoms with E-state index in [9.17, 15) is 4.79 Å². The number of ether oxygens (including phenoxy) is 1. The first-order valence-electron chi connectivity index (χ1n) is 8.38. The van der Waals surface area contributed by atoms with Crippen molar-refractivity contribution < 1.29 is 9.53 Å². The Balaban J connectivity index is 1.76. The molecule has 0 aliphatic carbocycles. The van der Waals surface area contributed by atoms with Crippen LogP contribution in [0.4, 0.5) is 0 Å². The van der Waals surface area contributed by atoms with Crippen molar-refractivity contribution in [3.63, 3.8) is 0 Å². The Morgan fingerprint density at radius 2 is 2.19 bits per heavy atom. The summed E-state index contributed by atoms with van der Waals surface area (Å²) in [6, 6.07) is 8.31. The second kappa shape index (κ2) is 8.39. The molecule has 138 valence electrons. The number of benzene rings is 1. The molecule has 0 N–H and O–H groups in total. The molecule has 8 heteroatoms. The molecule has 5 nitrogen and oxygen atoms in total. The van der Waals surface area contributed by atoms with E-state index in [-0.39, 0.29) is 18.4 Å². The minimum atomic E-state index is -0.226. The Hall–Kier alpha value is -1.61. The first-order chi connectivity index (χ1) is 12.5. The monoisotopic (exact) mass is 407 g/mol. The summed E-state index contributed by atoms with van der Waals surface area (Å²) in [5.74, 6) is -0.226. The van der Waals surface area contributed by atoms with Gasteiger partial charge in [0.2, 0.25) is 0 Å². The molecule has 1 aromatic carbocycles. The molecule has 0 aliphatic rings. The predicted octanol–water partition coefficient (Wildman–Crippen LogP) is 4.64. The molecule has 1 atom stereocenters. The van der Waals surface area contributed by atoms with E-state index in [2.05, 4.69) is 17.9 Å². The van der Waals surface area contributed by atoms with Crippen LogP contribution in [0.25, 0.3) is 10.2 Å². The fourth-order valence-corrected chi connectivity index (χ4v) is 4.76. The zero-order valence-electron chi connectivity index (χ0n) is 15.0. The molecular weight excluding hydrogens is 386 g/mol. The Morgan fingerprint density at radius 3 is 2.92 bits per heavy atom. The van der Waals surface area contributed by atoms with E-state index in [0.29, 0.717) is 13.3 Å². The molecule has 26 heavy (non-hydrogen) atoms. The minimum Gasteiger partial charge on any atom is -0.466 e. The lowest BCUT2D eigenvalue weighted by molar-refractivity contribution is -0.142. The van der Waals surface area contributed by atoms with Crippen molar-refractivity contribution in [3.05, 3.63) is 44.3 Å². The fourth-order valence-electron chi connectivity index (χ4n) is 2.61. The molecule has 0 radical (unpaired) electrons. The first-order valence-corrected chi connectivity index (χ1v) is 10.5. The smallest absolute Gasteiger partial charge is 0.311 e. The van der Waals surface area contributed by atoms with E-state index < -0.39 is 0 Å². The van der Waals surface area contributed by atoms with Gasteiger partial charge in [-0.1, -0.05) is 12.1 Å². The Morgan fingerprint density at radius 1 is 1.42 bits per heavy atom. The molecular formula is C18H21N3O2S3. The summed E-state index contributed by atoms with van der Waals surface area (Å²) in [7, 11) is 2.05. The van der Waals surface area contributed by atoms with Crippen LogP contribution in [0, 0.1) is 3.95 Å². The molecule has 0 aliphatic heterocycles. The van der Waals surface area contributed by atoms with Gasteiger partial charge in [-0.25, -0.2) is 4.98 Å². The second-order valence-corrected chi connectivity index (χ2v) is 8.56. The molecule has 3 rings (SSSR count). The predicted molar refractivity (Wildman–Crippen MR) is 109 cm³/mol. The number of esters is 1. The van der Waals surface area contributed by atoms with Crippen molar-refractivity contribution in [1.82, 2.24) is 14.5 Å². The Labute approximate surface area is 165 Å². The number of rotatable bonds is 7. The Kier molecular flexibility index (Phi) is 6.18. The van der Waals surface area contributed by atoms with E-state index in [1.165, 1.54) is 16.0 Å². The van der Waals surface area contributed by atoms with Crippen LogP contribution in [-0.2, 0) is 22.6 Å². The van der Waals surface area contributed by atoms with Crippen LogP contribution in [0.1, 0.15) is 30.6 Å². The van der Waals surface area contributed by atoms with Crippen LogP contribution in [0.15, 0.2) is 29.6 Å². The van der Waals surface area contributed by atoms with E-state index in [1.54, 1.807) is 11.3 Å². The van der Waals surface area contributed by atoms with Crippen molar-refractivity contribution in [2.45, 2.75) is 33.0 Å². The molecule has 0 spiro atoms. The summed E-state index contributed by atoms with van der Waals surface area (Å²) in [5, 5.41) is 3.01. The summed E-state index contributed by atoms with van der Waals surface area (Å²) in [4.78, 5) is 18.8. The minimum absolute atomic E-state index is 0.143.